The summed E-state index contributed by atoms with van der Waals surface area (Å²) in [7, 11) is 0. The number of likely N-dealkylation sites (tertiary alicyclic amines) is 1. The Hall–Kier alpha value is -1.14. The van der Waals surface area contributed by atoms with Gasteiger partial charge in [0.1, 0.15) is 0 Å². The van der Waals surface area contributed by atoms with E-state index in [1.165, 1.54) is 0 Å². The Kier molecular flexibility index (Phi) is 3.92. The molecule has 3 aliphatic rings. The zero-order chi connectivity index (χ0) is 15.0. The van der Waals surface area contributed by atoms with Gasteiger partial charge in [0.2, 0.25) is 11.8 Å². The minimum atomic E-state index is -0.593. The molecule has 3 rings (SSSR count). The molecular weight excluding hydrogens is 270 g/mol. The summed E-state index contributed by atoms with van der Waals surface area (Å²) in [6.07, 6.45) is 3.71. The summed E-state index contributed by atoms with van der Waals surface area (Å²) >= 11 is 0. The Morgan fingerprint density at radius 2 is 1.90 bits per heavy atom. The molecule has 21 heavy (non-hydrogen) atoms. The van der Waals surface area contributed by atoms with Crippen LogP contribution in [-0.4, -0.2) is 55.1 Å². The van der Waals surface area contributed by atoms with E-state index in [0.717, 1.165) is 25.7 Å². The van der Waals surface area contributed by atoms with Crippen LogP contribution in [0, 0.1) is 11.3 Å². The maximum Gasteiger partial charge on any atom is 0.232 e. The number of nitrogens with zero attached hydrogens (tertiary/aromatic N) is 1. The number of hydrogen-bond donors (Lipinski definition) is 2. The summed E-state index contributed by atoms with van der Waals surface area (Å²) < 4.78 is 5.36. The average Bonchev–Trinajstić information content (AvgIpc) is 3.27. The van der Waals surface area contributed by atoms with Crippen molar-refractivity contribution in [3.63, 3.8) is 0 Å². The highest BCUT2D eigenvalue weighted by Gasteiger charge is 2.47. The highest BCUT2D eigenvalue weighted by Crippen LogP contribution is 2.31. The van der Waals surface area contributed by atoms with E-state index < -0.39 is 5.41 Å². The molecule has 1 aliphatic carbocycles. The van der Waals surface area contributed by atoms with Crippen LogP contribution in [-0.2, 0) is 14.3 Å². The normalized spacial score (nSPS) is 34.0. The Morgan fingerprint density at radius 1 is 1.24 bits per heavy atom. The van der Waals surface area contributed by atoms with Crippen LogP contribution >= 0.6 is 0 Å². The summed E-state index contributed by atoms with van der Waals surface area (Å²) in [6.45, 7) is 4.14. The first kappa shape index (κ1) is 14.8. The first-order chi connectivity index (χ1) is 10.0. The second kappa shape index (κ2) is 5.57. The number of nitrogens with two attached hydrogens (primary N) is 1. The lowest BCUT2D eigenvalue weighted by Crippen LogP contribution is -2.55. The van der Waals surface area contributed by atoms with E-state index in [2.05, 4.69) is 5.32 Å². The maximum absolute atomic E-state index is 12.7. The second-order valence-electron chi connectivity index (χ2n) is 6.89. The van der Waals surface area contributed by atoms with Crippen LogP contribution in [0.4, 0.5) is 0 Å². The lowest BCUT2D eigenvalue weighted by Gasteiger charge is -2.38. The van der Waals surface area contributed by atoms with Crippen molar-refractivity contribution in [2.75, 3.05) is 26.3 Å². The largest absolute Gasteiger partial charge is 0.379 e. The van der Waals surface area contributed by atoms with Crippen molar-refractivity contribution in [1.82, 2.24) is 10.2 Å². The number of hydrogen-bond acceptors (Lipinski definition) is 4. The summed E-state index contributed by atoms with van der Waals surface area (Å²) in [5, 5.41) is 3.10. The third kappa shape index (κ3) is 2.92. The van der Waals surface area contributed by atoms with Crippen molar-refractivity contribution in [2.45, 2.75) is 44.7 Å². The molecule has 0 bridgehead atoms. The summed E-state index contributed by atoms with van der Waals surface area (Å²) in [5.74, 6) is 0.537. The molecule has 1 saturated carbocycles. The van der Waals surface area contributed by atoms with Gasteiger partial charge in [-0.05, 0) is 32.6 Å². The molecule has 118 valence electrons. The summed E-state index contributed by atoms with van der Waals surface area (Å²) in [4.78, 5) is 26.3. The van der Waals surface area contributed by atoms with Gasteiger partial charge in [-0.15, -0.1) is 0 Å². The molecule has 6 nitrogen and oxygen atoms in total. The third-order valence-electron chi connectivity index (χ3n) is 5.08. The van der Waals surface area contributed by atoms with Crippen molar-refractivity contribution in [1.29, 1.82) is 0 Å². The van der Waals surface area contributed by atoms with E-state index >= 15 is 0 Å². The van der Waals surface area contributed by atoms with Crippen molar-refractivity contribution >= 4 is 11.8 Å². The third-order valence-corrected chi connectivity index (χ3v) is 5.08. The van der Waals surface area contributed by atoms with E-state index in [1.807, 2.05) is 11.8 Å². The van der Waals surface area contributed by atoms with Gasteiger partial charge in [-0.3, -0.25) is 9.59 Å². The van der Waals surface area contributed by atoms with Crippen molar-refractivity contribution in [2.24, 2.45) is 17.1 Å². The van der Waals surface area contributed by atoms with Crippen molar-refractivity contribution in [3.8, 4) is 0 Å². The van der Waals surface area contributed by atoms with Gasteiger partial charge in [0.25, 0.3) is 0 Å². The zero-order valence-corrected chi connectivity index (χ0v) is 12.6. The van der Waals surface area contributed by atoms with Crippen LogP contribution in [0.1, 0.15) is 32.6 Å². The highest BCUT2D eigenvalue weighted by molar-refractivity contribution is 5.84. The van der Waals surface area contributed by atoms with Crippen LogP contribution in [0.25, 0.3) is 0 Å². The minimum Gasteiger partial charge on any atom is -0.379 e. The predicted octanol–water partition coefficient (Wildman–Crippen LogP) is -0.133. The number of nitrogens with one attached hydrogen (secondary N) is 1. The van der Waals surface area contributed by atoms with E-state index in [0.29, 0.717) is 26.3 Å². The first-order valence-electron chi connectivity index (χ1n) is 7.94. The van der Waals surface area contributed by atoms with Gasteiger partial charge in [0.05, 0.1) is 18.6 Å². The number of carbonyl (C=O) groups is 2. The van der Waals surface area contributed by atoms with Gasteiger partial charge in [0.15, 0.2) is 0 Å². The lowest BCUT2D eigenvalue weighted by atomic mass is 9.83. The van der Waals surface area contributed by atoms with E-state index in [9.17, 15) is 9.59 Å². The number of piperidine rings is 1. The molecule has 0 spiro atoms. The fourth-order valence-corrected chi connectivity index (χ4v) is 3.16. The molecule has 2 amide bonds. The molecule has 3 N–H and O–H groups in total. The van der Waals surface area contributed by atoms with Crippen molar-refractivity contribution < 1.29 is 14.3 Å². The molecule has 2 atom stereocenters. The zero-order valence-electron chi connectivity index (χ0n) is 12.6. The van der Waals surface area contributed by atoms with Crippen LogP contribution in [0.3, 0.4) is 0 Å². The quantitative estimate of drug-likeness (QED) is 0.759. The predicted molar refractivity (Wildman–Crippen MR) is 77.4 cm³/mol. The molecule has 3 fully saturated rings. The molecule has 0 aromatic heterocycles. The Bertz CT molecular complexity index is 430. The summed E-state index contributed by atoms with van der Waals surface area (Å²) in [6, 6.07) is -0.0132. The van der Waals surface area contributed by atoms with Crippen LogP contribution in [0.2, 0.25) is 0 Å². The first-order valence-corrected chi connectivity index (χ1v) is 7.94. The fourth-order valence-electron chi connectivity index (χ4n) is 3.16. The second-order valence-corrected chi connectivity index (χ2v) is 6.89. The Morgan fingerprint density at radius 3 is 2.43 bits per heavy atom. The van der Waals surface area contributed by atoms with Gasteiger partial charge in [-0.25, -0.2) is 0 Å². The van der Waals surface area contributed by atoms with E-state index in [1.54, 1.807) is 0 Å². The summed E-state index contributed by atoms with van der Waals surface area (Å²) in [5.41, 5.74) is 5.43. The van der Waals surface area contributed by atoms with Crippen LogP contribution in [0.5, 0.6) is 0 Å². The minimum absolute atomic E-state index is 0.0967. The molecule has 2 unspecified atom stereocenters. The van der Waals surface area contributed by atoms with E-state index in [4.69, 9.17) is 10.5 Å². The molecule has 0 aromatic rings. The fraction of sp³-hybridized carbons (Fsp3) is 0.867. The Balaban J connectivity index is 1.51. The smallest absolute Gasteiger partial charge is 0.232 e. The molecule has 2 heterocycles. The van der Waals surface area contributed by atoms with Gasteiger partial charge in [-0.1, -0.05) is 0 Å². The van der Waals surface area contributed by atoms with Gasteiger partial charge in [0, 0.05) is 31.1 Å². The number of carbonyl (C=O) groups excluding carboxylic acids is 2. The number of amides is 2. The molecule has 2 aliphatic heterocycles. The number of rotatable bonds is 3. The van der Waals surface area contributed by atoms with Crippen LogP contribution < -0.4 is 11.1 Å². The molecule has 2 saturated heterocycles. The molecule has 0 aromatic carbocycles. The SMILES string of the molecule is CC1(C(=O)N2CCC(NC(=O)C3CC3)CC2)COCC1N. The Labute approximate surface area is 125 Å². The molecule has 6 heteroatoms. The number of ether oxygens (including phenoxy) is 1. The van der Waals surface area contributed by atoms with E-state index in [-0.39, 0.29) is 29.8 Å². The lowest BCUT2D eigenvalue weighted by molar-refractivity contribution is -0.143. The standard InChI is InChI=1S/C15H25N3O3/c1-15(9-21-8-12(15)16)14(20)18-6-4-11(5-7-18)17-13(19)10-2-3-10/h10-12H,2-9,16H2,1H3,(H,17,19). The molecule has 0 radical (unpaired) electrons. The van der Waals surface area contributed by atoms with Gasteiger partial charge >= 0.3 is 0 Å². The van der Waals surface area contributed by atoms with Gasteiger partial charge < -0.3 is 20.7 Å². The maximum atomic E-state index is 12.7. The molecular formula is C15H25N3O3. The van der Waals surface area contributed by atoms with Crippen LogP contribution in [0.15, 0.2) is 0 Å². The van der Waals surface area contributed by atoms with Crippen molar-refractivity contribution in [3.05, 3.63) is 0 Å². The topological polar surface area (TPSA) is 84.7 Å². The highest BCUT2D eigenvalue weighted by atomic mass is 16.5. The average molecular weight is 295 g/mol. The van der Waals surface area contributed by atoms with Gasteiger partial charge in [-0.2, -0.15) is 0 Å². The monoisotopic (exact) mass is 295 g/mol.